The molecule has 11 heteroatoms. The van der Waals surface area contributed by atoms with Crippen LogP contribution < -0.4 is 21.7 Å². The molecule has 0 fully saturated rings. The molecule has 0 spiro atoms. The molecule has 3 amide bonds. The summed E-state index contributed by atoms with van der Waals surface area (Å²) in [6.45, 7) is 6.63. The van der Waals surface area contributed by atoms with Gasteiger partial charge in [-0.2, -0.15) is 0 Å². The van der Waals surface area contributed by atoms with Gasteiger partial charge in [-0.3, -0.25) is 19.2 Å². The van der Waals surface area contributed by atoms with Gasteiger partial charge in [-0.25, -0.2) is 4.79 Å². The lowest BCUT2D eigenvalue weighted by molar-refractivity contribution is -0.144. The molecule has 0 heterocycles. The van der Waals surface area contributed by atoms with E-state index in [9.17, 15) is 29.1 Å². The third-order valence-electron chi connectivity index (χ3n) is 5.02. The molecule has 0 radical (unpaired) electrons. The quantitative estimate of drug-likeness (QED) is 0.211. The molecule has 0 saturated heterocycles. The first-order valence-electron chi connectivity index (χ1n) is 10.0. The van der Waals surface area contributed by atoms with Crippen molar-refractivity contribution >= 4 is 29.7 Å². The Morgan fingerprint density at radius 1 is 0.867 bits per heavy atom. The average Bonchev–Trinajstić information content (AvgIpc) is 2.70. The van der Waals surface area contributed by atoms with Crippen molar-refractivity contribution in [2.75, 3.05) is 6.54 Å². The number of aliphatic carboxylic acids is 2. The highest BCUT2D eigenvalue weighted by atomic mass is 16.4. The van der Waals surface area contributed by atoms with Gasteiger partial charge in [0.05, 0.1) is 12.6 Å². The lowest BCUT2D eigenvalue weighted by atomic mass is 9.95. The number of amides is 3. The molecular weight excluding hydrogens is 396 g/mol. The van der Waals surface area contributed by atoms with Crippen LogP contribution in [0.2, 0.25) is 0 Å². The summed E-state index contributed by atoms with van der Waals surface area (Å²) >= 11 is 0. The molecule has 0 aromatic heterocycles. The smallest absolute Gasteiger partial charge is 0.326 e. The highest BCUT2D eigenvalue weighted by molar-refractivity contribution is 5.92. The molecule has 0 aliphatic carbocycles. The molecule has 0 aliphatic heterocycles. The Morgan fingerprint density at radius 3 is 1.87 bits per heavy atom. The molecule has 0 bridgehead atoms. The van der Waals surface area contributed by atoms with E-state index in [1.54, 1.807) is 13.8 Å². The van der Waals surface area contributed by atoms with Crippen LogP contribution in [0.1, 0.15) is 53.4 Å². The zero-order valence-corrected chi connectivity index (χ0v) is 17.9. The Hall–Kier alpha value is -2.69. The maximum absolute atomic E-state index is 12.7. The summed E-state index contributed by atoms with van der Waals surface area (Å²) in [5.41, 5.74) is 5.57. The summed E-state index contributed by atoms with van der Waals surface area (Å²) in [5, 5.41) is 25.3. The molecule has 0 saturated carbocycles. The van der Waals surface area contributed by atoms with Crippen LogP contribution in [0, 0.1) is 11.8 Å². The van der Waals surface area contributed by atoms with Crippen LogP contribution in [-0.4, -0.2) is 64.5 Å². The minimum atomic E-state index is -1.16. The van der Waals surface area contributed by atoms with Gasteiger partial charge in [0.25, 0.3) is 0 Å². The van der Waals surface area contributed by atoms with Crippen LogP contribution in [0.25, 0.3) is 0 Å². The summed E-state index contributed by atoms with van der Waals surface area (Å²) in [6, 6.07) is -3.14. The van der Waals surface area contributed by atoms with E-state index in [1.807, 2.05) is 13.8 Å². The minimum absolute atomic E-state index is 0.0765. The van der Waals surface area contributed by atoms with Gasteiger partial charge in [0.1, 0.15) is 12.1 Å². The number of carbonyl (C=O) groups excluding carboxylic acids is 3. The number of carbonyl (C=O) groups is 5. The zero-order valence-electron chi connectivity index (χ0n) is 17.9. The Kier molecular flexibility index (Phi) is 12.3. The van der Waals surface area contributed by atoms with Gasteiger partial charge in [-0.05, 0) is 18.3 Å². The maximum Gasteiger partial charge on any atom is 0.326 e. The van der Waals surface area contributed by atoms with Crippen molar-refractivity contribution in [2.24, 2.45) is 17.6 Å². The lowest BCUT2D eigenvalue weighted by Gasteiger charge is -2.27. The molecule has 5 unspecified atom stereocenters. The van der Waals surface area contributed by atoms with E-state index in [1.165, 1.54) is 0 Å². The molecular formula is C19H34N4O7. The fourth-order valence-corrected chi connectivity index (χ4v) is 2.56. The van der Waals surface area contributed by atoms with Crippen molar-refractivity contribution in [3.63, 3.8) is 0 Å². The van der Waals surface area contributed by atoms with Gasteiger partial charge in [0.2, 0.25) is 17.7 Å². The summed E-state index contributed by atoms with van der Waals surface area (Å²) in [7, 11) is 0. The SMILES string of the molecule is CCC(C)C(NC(=O)C(NC(=O)CNC(=O)C(N)CCC(=O)O)C(C)CC)C(=O)O. The van der Waals surface area contributed by atoms with Crippen molar-refractivity contribution in [3.8, 4) is 0 Å². The topological polar surface area (TPSA) is 188 Å². The molecule has 5 atom stereocenters. The third-order valence-corrected chi connectivity index (χ3v) is 5.02. The van der Waals surface area contributed by atoms with Crippen LogP contribution in [0.3, 0.4) is 0 Å². The Balaban J connectivity index is 4.94. The van der Waals surface area contributed by atoms with Crippen molar-refractivity contribution < 1.29 is 34.2 Å². The molecule has 0 rings (SSSR count). The number of nitrogens with two attached hydrogens (primary N) is 1. The van der Waals surface area contributed by atoms with Crippen molar-refractivity contribution in [3.05, 3.63) is 0 Å². The number of nitrogens with one attached hydrogen (secondary N) is 3. The molecule has 0 aromatic carbocycles. The van der Waals surface area contributed by atoms with Crippen LogP contribution in [-0.2, 0) is 24.0 Å². The zero-order chi connectivity index (χ0) is 23.4. The van der Waals surface area contributed by atoms with Crippen LogP contribution in [0.4, 0.5) is 0 Å². The van der Waals surface area contributed by atoms with Crippen LogP contribution in [0.5, 0.6) is 0 Å². The summed E-state index contributed by atoms with van der Waals surface area (Å²) in [5.74, 6) is -4.77. The van der Waals surface area contributed by atoms with Gasteiger partial charge in [-0.15, -0.1) is 0 Å². The van der Waals surface area contributed by atoms with Crippen LogP contribution in [0.15, 0.2) is 0 Å². The minimum Gasteiger partial charge on any atom is -0.481 e. The summed E-state index contributed by atoms with van der Waals surface area (Å²) in [4.78, 5) is 58.7. The summed E-state index contributed by atoms with van der Waals surface area (Å²) in [6.07, 6.45) is 0.739. The maximum atomic E-state index is 12.7. The standard InChI is InChI=1S/C19H34N4O7/c1-5-10(3)15(18(28)23-16(19(29)30)11(4)6-2)22-13(24)9-21-17(27)12(20)7-8-14(25)26/h10-12,15-16H,5-9,20H2,1-4H3,(H,21,27)(H,22,24)(H,23,28)(H,25,26)(H,29,30). The fraction of sp³-hybridized carbons (Fsp3) is 0.737. The van der Waals surface area contributed by atoms with Crippen molar-refractivity contribution in [1.29, 1.82) is 0 Å². The van der Waals surface area contributed by atoms with E-state index in [0.29, 0.717) is 12.8 Å². The van der Waals surface area contributed by atoms with Crippen LogP contribution >= 0.6 is 0 Å². The molecule has 30 heavy (non-hydrogen) atoms. The molecule has 172 valence electrons. The number of hydrogen-bond acceptors (Lipinski definition) is 6. The Morgan fingerprint density at radius 2 is 1.40 bits per heavy atom. The predicted molar refractivity (Wildman–Crippen MR) is 108 cm³/mol. The average molecular weight is 431 g/mol. The van der Waals surface area contributed by atoms with Gasteiger partial charge in [0, 0.05) is 6.42 Å². The van der Waals surface area contributed by atoms with E-state index in [0.717, 1.165) is 0 Å². The molecule has 0 aliphatic rings. The normalized spacial score (nSPS) is 15.8. The van der Waals surface area contributed by atoms with E-state index in [2.05, 4.69) is 16.0 Å². The van der Waals surface area contributed by atoms with E-state index in [-0.39, 0.29) is 24.7 Å². The number of rotatable bonds is 14. The van der Waals surface area contributed by atoms with Gasteiger partial charge in [0.15, 0.2) is 0 Å². The molecule has 7 N–H and O–H groups in total. The van der Waals surface area contributed by atoms with Gasteiger partial charge in [-0.1, -0.05) is 40.5 Å². The van der Waals surface area contributed by atoms with Gasteiger partial charge < -0.3 is 31.9 Å². The third kappa shape index (κ3) is 9.68. The second kappa shape index (κ2) is 13.5. The molecule has 0 aromatic rings. The highest BCUT2D eigenvalue weighted by Crippen LogP contribution is 2.12. The first-order chi connectivity index (χ1) is 13.9. The summed E-state index contributed by atoms with van der Waals surface area (Å²) < 4.78 is 0. The van der Waals surface area contributed by atoms with E-state index < -0.39 is 54.3 Å². The monoisotopic (exact) mass is 430 g/mol. The highest BCUT2D eigenvalue weighted by Gasteiger charge is 2.32. The van der Waals surface area contributed by atoms with E-state index in [4.69, 9.17) is 10.8 Å². The van der Waals surface area contributed by atoms with Crippen molar-refractivity contribution in [1.82, 2.24) is 16.0 Å². The first-order valence-corrected chi connectivity index (χ1v) is 10.0. The first kappa shape index (κ1) is 27.3. The van der Waals surface area contributed by atoms with Crippen molar-refractivity contribution in [2.45, 2.75) is 71.5 Å². The van der Waals surface area contributed by atoms with Gasteiger partial charge >= 0.3 is 11.9 Å². The fourth-order valence-electron chi connectivity index (χ4n) is 2.56. The largest absolute Gasteiger partial charge is 0.481 e. The number of carboxylic acids is 2. The predicted octanol–water partition coefficient (Wildman–Crippen LogP) is -0.559. The molecule has 11 nitrogen and oxygen atoms in total. The Labute approximate surface area is 176 Å². The van der Waals surface area contributed by atoms with E-state index >= 15 is 0 Å². The Bertz CT molecular complexity index is 626. The number of carboxylic acid groups (broad SMARTS) is 2. The lowest BCUT2D eigenvalue weighted by Crippen LogP contribution is -2.56. The second-order valence-corrected chi connectivity index (χ2v) is 7.40. The second-order valence-electron chi connectivity index (χ2n) is 7.40. The number of hydrogen-bond donors (Lipinski definition) is 6.